The van der Waals surface area contributed by atoms with Crippen molar-refractivity contribution < 1.29 is 13.2 Å². The molecule has 26 heavy (non-hydrogen) atoms. The molecule has 0 spiro atoms. The lowest BCUT2D eigenvalue weighted by Gasteiger charge is -2.22. The topological polar surface area (TPSA) is 66.5 Å². The van der Waals surface area contributed by atoms with E-state index in [0.29, 0.717) is 12.5 Å². The number of rotatable bonds is 8. The maximum atomic E-state index is 13.0. The quantitative estimate of drug-likeness (QED) is 0.772. The Labute approximate surface area is 156 Å². The molecule has 0 radical (unpaired) electrons. The van der Waals surface area contributed by atoms with Crippen LogP contribution in [0.2, 0.25) is 0 Å². The number of sulfonamides is 1. The van der Waals surface area contributed by atoms with E-state index in [1.807, 2.05) is 45.0 Å². The van der Waals surface area contributed by atoms with Crippen molar-refractivity contribution >= 4 is 15.9 Å². The Kier molecular flexibility index (Phi) is 6.94. The van der Waals surface area contributed by atoms with Gasteiger partial charge >= 0.3 is 0 Å². The fourth-order valence-electron chi connectivity index (χ4n) is 2.40. The second-order valence-electron chi connectivity index (χ2n) is 6.77. The predicted molar refractivity (Wildman–Crippen MR) is 103 cm³/mol. The van der Waals surface area contributed by atoms with Gasteiger partial charge in [-0.1, -0.05) is 61.9 Å². The summed E-state index contributed by atoms with van der Waals surface area (Å²) in [7, 11) is -3.77. The van der Waals surface area contributed by atoms with Crippen molar-refractivity contribution in [1.82, 2.24) is 9.62 Å². The Morgan fingerprint density at radius 2 is 1.65 bits per heavy atom. The summed E-state index contributed by atoms with van der Waals surface area (Å²) in [4.78, 5) is 12.4. The van der Waals surface area contributed by atoms with Crippen molar-refractivity contribution in [2.75, 3.05) is 13.1 Å². The summed E-state index contributed by atoms with van der Waals surface area (Å²) in [5.74, 6) is 0.000506. The smallest absolute Gasteiger partial charge is 0.243 e. The lowest BCUT2D eigenvalue weighted by molar-refractivity contribution is -0.121. The van der Waals surface area contributed by atoms with Crippen LogP contribution in [0.25, 0.3) is 0 Å². The van der Waals surface area contributed by atoms with Gasteiger partial charge in [0.2, 0.25) is 15.9 Å². The highest BCUT2D eigenvalue weighted by Gasteiger charge is 2.26. The molecule has 2 aromatic rings. The molecule has 2 rings (SSSR count). The molecule has 140 valence electrons. The van der Waals surface area contributed by atoms with Crippen LogP contribution in [0.15, 0.2) is 59.5 Å². The maximum Gasteiger partial charge on any atom is 0.243 e. The first kappa shape index (κ1) is 20.1. The summed E-state index contributed by atoms with van der Waals surface area (Å²) in [6.45, 7) is 6.41. The molecule has 0 aromatic heterocycles. The van der Waals surface area contributed by atoms with Gasteiger partial charge in [0.1, 0.15) is 0 Å². The van der Waals surface area contributed by atoms with Crippen LogP contribution in [0.4, 0.5) is 0 Å². The predicted octanol–water partition coefficient (Wildman–Crippen LogP) is 2.96. The first-order valence-electron chi connectivity index (χ1n) is 8.66. The molecule has 0 saturated carbocycles. The average molecular weight is 375 g/mol. The van der Waals surface area contributed by atoms with Crippen molar-refractivity contribution in [3.8, 4) is 0 Å². The van der Waals surface area contributed by atoms with Crippen LogP contribution >= 0.6 is 0 Å². The summed E-state index contributed by atoms with van der Waals surface area (Å²) in [5.41, 5.74) is 1.94. The van der Waals surface area contributed by atoms with Crippen LogP contribution in [0.1, 0.15) is 25.0 Å². The SMILES string of the molecule is Cc1ccc(CN(CC(=O)NCC(C)C)S(=O)(=O)c2ccccc2)cc1. The van der Waals surface area contributed by atoms with E-state index in [1.165, 1.54) is 4.31 Å². The third kappa shape index (κ3) is 5.68. The molecule has 1 N–H and O–H groups in total. The lowest BCUT2D eigenvalue weighted by atomic mass is 10.1. The van der Waals surface area contributed by atoms with Gasteiger partial charge in [-0.15, -0.1) is 0 Å². The van der Waals surface area contributed by atoms with Gasteiger partial charge in [0.25, 0.3) is 0 Å². The van der Waals surface area contributed by atoms with E-state index >= 15 is 0 Å². The van der Waals surface area contributed by atoms with Gasteiger partial charge in [-0.05, 0) is 30.5 Å². The molecular weight excluding hydrogens is 348 g/mol. The second-order valence-corrected chi connectivity index (χ2v) is 8.71. The number of hydrogen-bond donors (Lipinski definition) is 1. The minimum Gasteiger partial charge on any atom is -0.355 e. The molecule has 0 aliphatic heterocycles. The van der Waals surface area contributed by atoms with Crippen molar-refractivity contribution in [2.24, 2.45) is 5.92 Å². The van der Waals surface area contributed by atoms with Gasteiger partial charge in [-0.25, -0.2) is 8.42 Å². The Morgan fingerprint density at radius 1 is 1.04 bits per heavy atom. The Balaban J connectivity index is 2.25. The minimum absolute atomic E-state index is 0.145. The third-order valence-electron chi connectivity index (χ3n) is 3.89. The molecule has 0 atom stereocenters. The normalized spacial score (nSPS) is 11.7. The van der Waals surface area contributed by atoms with E-state index in [4.69, 9.17) is 0 Å². The van der Waals surface area contributed by atoms with Crippen LogP contribution in [0, 0.1) is 12.8 Å². The van der Waals surface area contributed by atoms with E-state index in [2.05, 4.69) is 5.32 Å². The van der Waals surface area contributed by atoms with E-state index in [1.54, 1.807) is 30.3 Å². The van der Waals surface area contributed by atoms with Gasteiger partial charge in [0.05, 0.1) is 11.4 Å². The largest absolute Gasteiger partial charge is 0.355 e. The molecule has 1 amide bonds. The van der Waals surface area contributed by atoms with Crippen LogP contribution in [0.3, 0.4) is 0 Å². The fourth-order valence-corrected chi connectivity index (χ4v) is 3.80. The Bertz CT molecular complexity index is 816. The molecule has 6 heteroatoms. The van der Waals surface area contributed by atoms with Gasteiger partial charge in [-0.2, -0.15) is 4.31 Å². The van der Waals surface area contributed by atoms with Gasteiger partial charge in [-0.3, -0.25) is 4.79 Å². The zero-order chi connectivity index (χ0) is 19.2. The number of benzene rings is 2. The number of amides is 1. The average Bonchev–Trinajstić information content (AvgIpc) is 2.62. The van der Waals surface area contributed by atoms with Gasteiger partial charge in [0.15, 0.2) is 0 Å². The summed E-state index contributed by atoms with van der Waals surface area (Å²) in [6.07, 6.45) is 0. The van der Waals surface area contributed by atoms with Crippen LogP contribution in [0.5, 0.6) is 0 Å². The molecule has 0 heterocycles. The molecule has 2 aromatic carbocycles. The monoisotopic (exact) mass is 374 g/mol. The first-order valence-corrected chi connectivity index (χ1v) is 10.1. The van der Waals surface area contributed by atoms with Crippen molar-refractivity contribution in [3.05, 3.63) is 65.7 Å². The zero-order valence-electron chi connectivity index (χ0n) is 15.5. The number of carbonyl (C=O) groups is 1. The highest BCUT2D eigenvalue weighted by atomic mass is 32.2. The molecular formula is C20H26N2O3S. The van der Waals surface area contributed by atoms with Gasteiger partial charge in [0, 0.05) is 13.1 Å². The van der Waals surface area contributed by atoms with Gasteiger partial charge < -0.3 is 5.32 Å². The molecule has 5 nitrogen and oxygen atoms in total. The molecule has 0 aliphatic carbocycles. The zero-order valence-corrected chi connectivity index (χ0v) is 16.3. The summed E-state index contributed by atoms with van der Waals surface area (Å²) < 4.78 is 27.3. The summed E-state index contributed by atoms with van der Waals surface area (Å²) in [6, 6.07) is 15.8. The van der Waals surface area contributed by atoms with Crippen LogP contribution < -0.4 is 5.32 Å². The Hall–Kier alpha value is -2.18. The summed E-state index contributed by atoms with van der Waals surface area (Å²) >= 11 is 0. The van der Waals surface area contributed by atoms with E-state index in [-0.39, 0.29) is 23.9 Å². The highest BCUT2D eigenvalue weighted by molar-refractivity contribution is 7.89. The number of carbonyl (C=O) groups excluding carboxylic acids is 1. The molecule has 0 unspecified atom stereocenters. The van der Waals surface area contributed by atoms with E-state index in [9.17, 15) is 13.2 Å². The van der Waals surface area contributed by atoms with Crippen LogP contribution in [-0.4, -0.2) is 31.7 Å². The summed E-state index contributed by atoms with van der Waals surface area (Å²) in [5, 5.41) is 2.79. The lowest BCUT2D eigenvalue weighted by Crippen LogP contribution is -2.41. The first-order chi connectivity index (χ1) is 12.3. The van der Waals surface area contributed by atoms with E-state index < -0.39 is 10.0 Å². The molecule has 0 aliphatic rings. The fraction of sp³-hybridized carbons (Fsp3) is 0.350. The van der Waals surface area contributed by atoms with Crippen molar-refractivity contribution in [3.63, 3.8) is 0 Å². The number of nitrogens with one attached hydrogen (secondary N) is 1. The van der Waals surface area contributed by atoms with Crippen molar-refractivity contribution in [2.45, 2.75) is 32.2 Å². The minimum atomic E-state index is -3.77. The molecule has 0 bridgehead atoms. The maximum absolute atomic E-state index is 13.0. The number of nitrogens with zero attached hydrogens (tertiary/aromatic N) is 1. The third-order valence-corrected chi connectivity index (χ3v) is 5.69. The number of aryl methyl sites for hydroxylation is 1. The Morgan fingerprint density at radius 3 is 2.23 bits per heavy atom. The number of hydrogen-bond acceptors (Lipinski definition) is 3. The molecule has 0 saturated heterocycles. The van der Waals surface area contributed by atoms with Crippen molar-refractivity contribution in [1.29, 1.82) is 0 Å². The second kappa shape index (κ2) is 8.96. The molecule has 0 fully saturated rings. The van der Waals surface area contributed by atoms with Crippen LogP contribution in [-0.2, 0) is 21.4 Å². The standard InChI is InChI=1S/C20H26N2O3S/c1-16(2)13-21-20(23)15-22(14-18-11-9-17(3)10-12-18)26(24,25)19-7-5-4-6-8-19/h4-12,16H,13-15H2,1-3H3,(H,21,23). The highest BCUT2D eigenvalue weighted by Crippen LogP contribution is 2.18. The van der Waals surface area contributed by atoms with E-state index in [0.717, 1.165) is 11.1 Å².